The molecule has 0 aliphatic carbocycles. The molecule has 3 rings (SSSR count). The number of para-hydroxylation sites is 3. The summed E-state index contributed by atoms with van der Waals surface area (Å²) in [5.74, 6) is 0.868. The molecule has 0 atom stereocenters. The molecule has 2 aromatic rings. The number of carbonyl (C=O) groups excluding carboxylic acids is 1. The number of rotatable bonds is 5. The molecule has 1 aliphatic heterocycles. The van der Waals surface area contributed by atoms with Crippen LogP contribution in [0, 0.1) is 0 Å². The van der Waals surface area contributed by atoms with Crippen molar-refractivity contribution in [3.63, 3.8) is 0 Å². The second-order valence-corrected chi connectivity index (χ2v) is 5.76. The van der Waals surface area contributed by atoms with Crippen molar-refractivity contribution in [1.82, 2.24) is 4.90 Å². The summed E-state index contributed by atoms with van der Waals surface area (Å²) in [4.78, 5) is 16.7. The van der Waals surface area contributed by atoms with Crippen molar-refractivity contribution >= 4 is 17.3 Å². The number of carbonyl (C=O) groups is 1. The number of nitrogens with zero attached hydrogens (tertiary/aromatic N) is 2. The fraction of sp³-hybridized carbons (Fsp3) is 0.316. The molecule has 24 heavy (non-hydrogen) atoms. The third-order valence-electron chi connectivity index (χ3n) is 4.29. The number of piperazine rings is 1. The first-order valence-electron chi connectivity index (χ1n) is 8.22. The Morgan fingerprint density at radius 3 is 2.38 bits per heavy atom. The molecule has 1 amide bonds. The lowest BCUT2D eigenvalue weighted by Crippen LogP contribution is -2.50. The SMILES string of the molecule is COc1ccccc1NCC(=O)N1CCN(c2ccccc2)CC1. The first-order valence-corrected chi connectivity index (χ1v) is 8.22. The normalized spacial score (nSPS) is 14.4. The van der Waals surface area contributed by atoms with Gasteiger partial charge in [0.25, 0.3) is 0 Å². The van der Waals surface area contributed by atoms with Crippen LogP contribution in [-0.2, 0) is 4.79 Å². The van der Waals surface area contributed by atoms with E-state index in [0.29, 0.717) is 0 Å². The number of hydrogen-bond acceptors (Lipinski definition) is 4. The van der Waals surface area contributed by atoms with Crippen LogP contribution in [0.4, 0.5) is 11.4 Å². The van der Waals surface area contributed by atoms with Gasteiger partial charge in [-0.3, -0.25) is 4.79 Å². The Labute approximate surface area is 142 Å². The average molecular weight is 325 g/mol. The molecule has 126 valence electrons. The highest BCUT2D eigenvalue weighted by Crippen LogP contribution is 2.22. The third-order valence-corrected chi connectivity index (χ3v) is 4.29. The summed E-state index contributed by atoms with van der Waals surface area (Å²) >= 11 is 0. The fourth-order valence-electron chi connectivity index (χ4n) is 2.93. The maximum Gasteiger partial charge on any atom is 0.241 e. The molecule has 1 saturated heterocycles. The van der Waals surface area contributed by atoms with E-state index in [4.69, 9.17) is 4.74 Å². The number of hydrogen-bond donors (Lipinski definition) is 1. The zero-order valence-electron chi connectivity index (χ0n) is 13.9. The summed E-state index contributed by atoms with van der Waals surface area (Å²) in [5.41, 5.74) is 2.06. The van der Waals surface area contributed by atoms with Gasteiger partial charge in [-0.15, -0.1) is 0 Å². The highest BCUT2D eigenvalue weighted by molar-refractivity contribution is 5.81. The fourth-order valence-corrected chi connectivity index (χ4v) is 2.93. The Morgan fingerprint density at radius 1 is 1.00 bits per heavy atom. The van der Waals surface area contributed by atoms with Crippen LogP contribution >= 0.6 is 0 Å². The van der Waals surface area contributed by atoms with Crippen LogP contribution < -0.4 is 15.0 Å². The van der Waals surface area contributed by atoms with Gasteiger partial charge in [0.15, 0.2) is 0 Å². The summed E-state index contributed by atoms with van der Waals surface area (Å²) < 4.78 is 5.29. The molecule has 1 aliphatic rings. The summed E-state index contributed by atoms with van der Waals surface area (Å²) in [7, 11) is 1.63. The van der Waals surface area contributed by atoms with E-state index in [1.807, 2.05) is 47.4 Å². The molecule has 0 radical (unpaired) electrons. The van der Waals surface area contributed by atoms with Gasteiger partial charge in [-0.1, -0.05) is 30.3 Å². The van der Waals surface area contributed by atoms with Gasteiger partial charge in [-0.25, -0.2) is 0 Å². The number of nitrogens with one attached hydrogen (secondary N) is 1. The largest absolute Gasteiger partial charge is 0.495 e. The Bertz CT molecular complexity index is 667. The smallest absolute Gasteiger partial charge is 0.241 e. The molecule has 0 aromatic heterocycles. The average Bonchev–Trinajstić information content (AvgIpc) is 2.67. The van der Waals surface area contributed by atoms with Gasteiger partial charge < -0.3 is 19.9 Å². The van der Waals surface area contributed by atoms with Crippen molar-refractivity contribution in [1.29, 1.82) is 0 Å². The van der Waals surface area contributed by atoms with Crippen LogP contribution in [0.25, 0.3) is 0 Å². The van der Waals surface area contributed by atoms with Gasteiger partial charge >= 0.3 is 0 Å². The molecule has 0 unspecified atom stereocenters. The molecule has 1 fully saturated rings. The topological polar surface area (TPSA) is 44.8 Å². The summed E-state index contributed by atoms with van der Waals surface area (Å²) in [6, 6.07) is 18.0. The molecule has 5 heteroatoms. The van der Waals surface area contributed by atoms with Crippen LogP contribution in [0.5, 0.6) is 5.75 Å². The Morgan fingerprint density at radius 2 is 1.67 bits per heavy atom. The molecule has 1 heterocycles. The van der Waals surface area contributed by atoms with Gasteiger partial charge in [0.2, 0.25) is 5.91 Å². The van der Waals surface area contributed by atoms with E-state index in [0.717, 1.165) is 37.6 Å². The number of ether oxygens (including phenoxy) is 1. The van der Waals surface area contributed by atoms with Gasteiger partial charge in [-0.2, -0.15) is 0 Å². The first-order chi connectivity index (χ1) is 11.8. The van der Waals surface area contributed by atoms with Crippen molar-refractivity contribution in [2.75, 3.05) is 50.1 Å². The molecular weight excluding hydrogens is 302 g/mol. The summed E-state index contributed by atoms with van der Waals surface area (Å²) in [6.07, 6.45) is 0. The van der Waals surface area contributed by atoms with E-state index in [1.165, 1.54) is 5.69 Å². The highest BCUT2D eigenvalue weighted by Gasteiger charge is 2.21. The Hall–Kier alpha value is -2.69. The van der Waals surface area contributed by atoms with E-state index in [-0.39, 0.29) is 12.5 Å². The van der Waals surface area contributed by atoms with Gasteiger partial charge in [0, 0.05) is 31.9 Å². The van der Waals surface area contributed by atoms with Crippen molar-refractivity contribution in [3.05, 3.63) is 54.6 Å². The van der Waals surface area contributed by atoms with Crippen molar-refractivity contribution in [2.24, 2.45) is 0 Å². The zero-order valence-corrected chi connectivity index (χ0v) is 13.9. The summed E-state index contributed by atoms with van der Waals surface area (Å²) in [6.45, 7) is 3.52. The molecule has 0 saturated carbocycles. The van der Waals surface area contributed by atoms with Crippen LogP contribution in [0.1, 0.15) is 0 Å². The van der Waals surface area contributed by atoms with E-state index in [9.17, 15) is 4.79 Å². The summed E-state index contributed by atoms with van der Waals surface area (Å²) in [5, 5.41) is 3.17. The van der Waals surface area contributed by atoms with E-state index in [2.05, 4.69) is 22.3 Å². The number of methoxy groups -OCH3 is 1. The monoisotopic (exact) mass is 325 g/mol. The van der Waals surface area contributed by atoms with Crippen molar-refractivity contribution in [3.8, 4) is 5.75 Å². The van der Waals surface area contributed by atoms with Crippen molar-refractivity contribution in [2.45, 2.75) is 0 Å². The van der Waals surface area contributed by atoms with E-state index >= 15 is 0 Å². The molecule has 2 aromatic carbocycles. The quantitative estimate of drug-likeness (QED) is 0.917. The van der Waals surface area contributed by atoms with Gasteiger partial charge in [-0.05, 0) is 24.3 Å². The minimum absolute atomic E-state index is 0.119. The predicted octanol–water partition coefficient (Wildman–Crippen LogP) is 2.46. The number of amides is 1. The molecule has 1 N–H and O–H groups in total. The molecule has 0 bridgehead atoms. The zero-order chi connectivity index (χ0) is 16.8. The van der Waals surface area contributed by atoms with Crippen LogP contribution in [0.3, 0.4) is 0 Å². The van der Waals surface area contributed by atoms with E-state index in [1.54, 1.807) is 7.11 Å². The molecule has 0 spiro atoms. The maximum absolute atomic E-state index is 12.4. The number of benzene rings is 2. The second kappa shape index (κ2) is 7.73. The second-order valence-electron chi connectivity index (χ2n) is 5.76. The molecular formula is C19H23N3O2. The van der Waals surface area contributed by atoms with E-state index < -0.39 is 0 Å². The molecule has 5 nitrogen and oxygen atoms in total. The first kappa shape index (κ1) is 16.2. The van der Waals surface area contributed by atoms with Gasteiger partial charge in [0.05, 0.1) is 19.3 Å². The lowest BCUT2D eigenvalue weighted by atomic mass is 10.2. The minimum Gasteiger partial charge on any atom is -0.495 e. The Kier molecular flexibility index (Phi) is 5.21. The lowest BCUT2D eigenvalue weighted by molar-refractivity contribution is -0.129. The van der Waals surface area contributed by atoms with Crippen LogP contribution in [0.2, 0.25) is 0 Å². The highest BCUT2D eigenvalue weighted by atomic mass is 16.5. The van der Waals surface area contributed by atoms with Crippen molar-refractivity contribution < 1.29 is 9.53 Å². The third kappa shape index (κ3) is 3.79. The van der Waals surface area contributed by atoms with Crippen LogP contribution in [-0.4, -0.2) is 50.6 Å². The predicted molar refractivity (Wildman–Crippen MR) is 96.7 cm³/mol. The number of anilines is 2. The minimum atomic E-state index is 0.119. The maximum atomic E-state index is 12.4. The Balaban J connectivity index is 1.50. The van der Waals surface area contributed by atoms with Crippen LogP contribution in [0.15, 0.2) is 54.6 Å². The standard InChI is InChI=1S/C19H23N3O2/c1-24-18-10-6-5-9-17(18)20-15-19(23)22-13-11-21(12-14-22)16-7-3-2-4-8-16/h2-10,20H,11-15H2,1H3. The van der Waals surface area contributed by atoms with Gasteiger partial charge in [0.1, 0.15) is 5.75 Å². The lowest BCUT2D eigenvalue weighted by Gasteiger charge is -2.36.